The van der Waals surface area contributed by atoms with Crippen LogP contribution in [0.25, 0.3) is 0 Å². The Labute approximate surface area is 373 Å². The van der Waals surface area contributed by atoms with Crippen LogP contribution in [0.2, 0.25) is 0 Å². The van der Waals surface area contributed by atoms with Gasteiger partial charge in [0, 0.05) is 36.5 Å². The van der Waals surface area contributed by atoms with Gasteiger partial charge in [-0.05, 0) is 49.7 Å². The predicted molar refractivity (Wildman–Crippen MR) is 216 cm³/mol. The van der Waals surface area contributed by atoms with Gasteiger partial charge in [-0.15, -0.1) is 0 Å². The molecule has 2 heterocycles. The third-order valence-corrected chi connectivity index (χ3v) is 10.2. The minimum Gasteiger partial charge on any atom is -0.486 e. The zero-order valence-corrected chi connectivity index (χ0v) is 36.2. The lowest BCUT2D eigenvalue weighted by atomic mass is 9.93. The van der Waals surface area contributed by atoms with Crippen molar-refractivity contribution in [3.05, 3.63) is 118 Å². The van der Waals surface area contributed by atoms with Crippen molar-refractivity contribution in [3.8, 4) is 23.0 Å². The molecule has 0 bridgehead atoms. The van der Waals surface area contributed by atoms with Gasteiger partial charge in [-0.3, -0.25) is 4.79 Å². The molecule has 14 nitrogen and oxygen atoms in total. The second kappa shape index (κ2) is 21.7. The van der Waals surface area contributed by atoms with Gasteiger partial charge in [-0.2, -0.15) is 26.3 Å². The van der Waals surface area contributed by atoms with Crippen LogP contribution in [0.3, 0.4) is 0 Å². The minimum absolute atomic E-state index is 0.0748. The molecule has 0 radical (unpaired) electrons. The van der Waals surface area contributed by atoms with Crippen LogP contribution in [-0.2, 0) is 44.5 Å². The summed E-state index contributed by atoms with van der Waals surface area (Å²) in [5, 5.41) is 7.42. The Morgan fingerprint density at radius 2 is 1.03 bits per heavy atom. The Morgan fingerprint density at radius 1 is 0.631 bits per heavy atom. The first-order valence-corrected chi connectivity index (χ1v) is 19.4. The first-order valence-electron chi connectivity index (χ1n) is 19.0. The second-order valence-electron chi connectivity index (χ2n) is 13.8. The summed E-state index contributed by atoms with van der Waals surface area (Å²) < 4.78 is 126. The summed E-state index contributed by atoms with van der Waals surface area (Å²) in [6.07, 6.45) is -11.3. The fourth-order valence-corrected chi connectivity index (χ4v) is 6.78. The Morgan fingerprint density at radius 3 is 1.40 bits per heavy atom. The molecule has 0 saturated carbocycles. The molecule has 0 amide bonds. The van der Waals surface area contributed by atoms with Crippen molar-refractivity contribution < 1.29 is 93.3 Å². The highest BCUT2D eigenvalue weighted by Gasteiger charge is 2.64. The van der Waals surface area contributed by atoms with E-state index in [2.05, 4.69) is 9.47 Å². The number of aliphatic hydroxyl groups excluding tert-OH is 1. The highest BCUT2D eigenvalue weighted by atomic mass is 35.5. The van der Waals surface area contributed by atoms with E-state index in [0.29, 0.717) is 40.5 Å². The molecule has 4 atom stereocenters. The van der Waals surface area contributed by atoms with E-state index in [9.17, 15) is 45.5 Å². The summed E-state index contributed by atoms with van der Waals surface area (Å²) in [5.74, 6) is -0.979. The highest BCUT2D eigenvalue weighted by molar-refractivity contribution is 6.65. The topological polar surface area (TPSA) is 172 Å². The second-order valence-corrected chi connectivity index (χ2v) is 14.1. The van der Waals surface area contributed by atoms with Crippen LogP contribution in [0.15, 0.2) is 84.9 Å². The molecular weight excluding hydrogens is 902 g/mol. The summed E-state index contributed by atoms with van der Waals surface area (Å²) >= 11 is 5.04. The number of hydrogen-bond donors (Lipinski definition) is 1. The number of carbonyl (C=O) groups excluding carboxylic acids is 4. The van der Waals surface area contributed by atoms with Gasteiger partial charge in [0.15, 0.2) is 35.2 Å². The minimum atomic E-state index is -5.08. The van der Waals surface area contributed by atoms with Crippen LogP contribution >= 0.6 is 11.6 Å². The molecule has 6 rings (SSSR count). The number of carbonyl (C=O) groups is 4. The largest absolute Gasteiger partial charge is 0.486 e. The van der Waals surface area contributed by atoms with E-state index >= 15 is 0 Å². The van der Waals surface area contributed by atoms with Crippen molar-refractivity contribution in [1.29, 1.82) is 0 Å². The maximum Gasteiger partial charge on any atom is 0.432 e. The van der Waals surface area contributed by atoms with E-state index in [0.717, 1.165) is 38.5 Å². The summed E-state index contributed by atoms with van der Waals surface area (Å²) in [6, 6.07) is 19.4. The van der Waals surface area contributed by atoms with Crippen molar-refractivity contribution in [3.63, 3.8) is 0 Å². The van der Waals surface area contributed by atoms with Crippen LogP contribution < -0.4 is 18.9 Å². The van der Waals surface area contributed by atoms with E-state index < -0.39 is 71.1 Å². The number of benzene rings is 4. The Hall–Kier alpha value is -6.09. The fourth-order valence-electron chi connectivity index (χ4n) is 6.49. The summed E-state index contributed by atoms with van der Waals surface area (Å²) in [6.45, 7) is 2.94. The number of esters is 3. The first kappa shape index (κ1) is 51.5. The number of fused-ring (bicyclic) bond motifs is 2. The maximum absolute atomic E-state index is 14.0. The zero-order chi connectivity index (χ0) is 48.3. The Balaban J connectivity index is 0.000000236. The van der Waals surface area contributed by atoms with Crippen LogP contribution in [-0.4, -0.2) is 108 Å². The van der Waals surface area contributed by atoms with Gasteiger partial charge in [-0.25, -0.2) is 14.4 Å². The molecule has 352 valence electrons. The van der Waals surface area contributed by atoms with E-state index in [1.165, 1.54) is 62.8 Å². The molecule has 4 aromatic rings. The first-order chi connectivity index (χ1) is 30.7. The molecule has 2 aliphatic rings. The van der Waals surface area contributed by atoms with Gasteiger partial charge in [0.05, 0.1) is 32.0 Å². The van der Waals surface area contributed by atoms with Crippen molar-refractivity contribution in [1.82, 2.24) is 0 Å². The maximum atomic E-state index is 14.0. The number of ether oxygens (including phenoxy) is 9. The molecule has 0 saturated heterocycles. The predicted octanol–water partition coefficient (Wildman–Crippen LogP) is 7.34. The lowest BCUT2D eigenvalue weighted by molar-refractivity contribution is -0.277. The van der Waals surface area contributed by atoms with Gasteiger partial charge in [0.2, 0.25) is 0 Å². The molecule has 0 aromatic heterocycles. The van der Waals surface area contributed by atoms with E-state index in [4.69, 9.17) is 49.9 Å². The summed E-state index contributed by atoms with van der Waals surface area (Å²) in [4.78, 5) is 47.1. The fraction of sp³-hybridized carbons (Fsp3) is 0.364. The van der Waals surface area contributed by atoms with Crippen LogP contribution in [0.4, 0.5) is 26.3 Å². The van der Waals surface area contributed by atoms with Gasteiger partial charge < -0.3 is 47.7 Å². The van der Waals surface area contributed by atoms with Crippen molar-refractivity contribution in [2.24, 2.45) is 0 Å². The molecule has 0 spiro atoms. The summed E-state index contributed by atoms with van der Waals surface area (Å²) in [5.41, 5.74) is -5.38. The van der Waals surface area contributed by atoms with E-state index in [1.54, 1.807) is 26.0 Å². The number of aliphatic hydroxyl groups is 1. The third-order valence-electron chi connectivity index (χ3n) is 9.91. The monoisotopic (exact) mass is 944 g/mol. The average Bonchev–Trinajstić information content (AvgIpc) is 3.29. The molecule has 65 heavy (non-hydrogen) atoms. The third kappa shape index (κ3) is 10.9. The SMILES string of the molecule is COC(=O)c1ccc2c(c1C)O[C@@H](CO)CO2.COC(=O)c1ccc2c(c1C)O[C@@H](COC(=O)[C@](OC)(c1ccccc1)C(F)(F)F)CO2.CO[C@@](C(=O)Cl)(c1ccccc1)C(F)(F)F. The van der Waals surface area contributed by atoms with E-state index in [-0.39, 0.29) is 30.1 Å². The normalized spacial score (nSPS) is 17.0. The van der Waals surface area contributed by atoms with Gasteiger partial charge >= 0.3 is 30.3 Å². The number of alkyl halides is 6. The molecule has 21 heteroatoms. The highest BCUT2D eigenvalue weighted by Crippen LogP contribution is 2.45. The molecule has 4 aromatic carbocycles. The molecule has 0 fully saturated rings. The average molecular weight is 945 g/mol. The molecule has 0 unspecified atom stereocenters. The summed E-state index contributed by atoms with van der Waals surface area (Å²) in [7, 11) is 4.14. The lowest BCUT2D eigenvalue weighted by Crippen LogP contribution is -2.52. The smallest absolute Gasteiger partial charge is 0.432 e. The van der Waals surface area contributed by atoms with Crippen molar-refractivity contribution in [2.45, 2.75) is 49.6 Å². The molecule has 0 aliphatic carbocycles. The number of methoxy groups -OCH3 is 4. The van der Waals surface area contributed by atoms with Crippen LogP contribution in [0.5, 0.6) is 23.0 Å². The van der Waals surface area contributed by atoms with Crippen LogP contribution in [0.1, 0.15) is 43.0 Å². The van der Waals surface area contributed by atoms with Gasteiger partial charge in [-0.1, -0.05) is 60.7 Å². The number of rotatable bonds is 11. The Kier molecular flexibility index (Phi) is 17.2. The lowest BCUT2D eigenvalue weighted by Gasteiger charge is -2.33. The van der Waals surface area contributed by atoms with E-state index in [1.807, 2.05) is 0 Å². The van der Waals surface area contributed by atoms with Crippen molar-refractivity contribution in [2.75, 3.05) is 54.9 Å². The van der Waals surface area contributed by atoms with Crippen LogP contribution in [0, 0.1) is 13.8 Å². The molecular formula is C44H43ClF6O14. The number of hydrogen-bond acceptors (Lipinski definition) is 14. The Bertz CT molecular complexity index is 2290. The quantitative estimate of drug-likeness (QED) is 0.0686. The molecule has 1 N–H and O–H groups in total. The molecule has 2 aliphatic heterocycles. The zero-order valence-electron chi connectivity index (χ0n) is 35.5. The number of halogens is 7. The van der Waals surface area contributed by atoms with Gasteiger partial charge in [0.25, 0.3) is 16.4 Å². The standard InChI is InChI=1S/C22H21F3O7.C12H14O5.C10H8ClF3O2/c1-13-16(19(26)28-2)9-10-17-18(13)32-15(11-30-17)12-31-20(27)21(29-3,22(23,24)25)14-7-5-4-6-8-14;1-7-9(12(14)15-2)3-4-10-11(7)17-8(5-13)6-16-10;1-16-9(8(11)15,10(12,13)14)7-5-3-2-4-6-7/h4-10,15H,11-12H2,1-3H3;3-4,8,13H,5-6H2,1-2H3;2-6H,1H3/t15-,21-;8-;9-/m101/s1. The van der Waals surface area contributed by atoms with Gasteiger partial charge in [0.1, 0.15) is 19.8 Å². The van der Waals surface area contributed by atoms with Crippen molar-refractivity contribution >= 4 is 34.8 Å².